The standard InChI is InChI=1S/C49H29N3OS/c1-3-12-30(13-4-1)36-26-27-42-45(39-17-7-9-20-41(39)53-42)44(36)34-24-22-33-29-35(25-23-32(33)28-34)48-50-47(31-14-5-2-6-15-31)51-49(52-48)40-19-11-18-38-37-16-8-10-21-43(37)54-46(38)40/h1-29H. The minimum absolute atomic E-state index is 0.643. The molecule has 3 aromatic heterocycles. The lowest BCUT2D eigenvalue weighted by molar-refractivity contribution is 0.669. The van der Waals surface area contributed by atoms with Crippen LogP contribution in [-0.2, 0) is 0 Å². The number of nitrogens with zero attached hydrogens (tertiary/aromatic N) is 3. The number of hydrogen-bond acceptors (Lipinski definition) is 5. The van der Waals surface area contributed by atoms with Gasteiger partial charge in [0.1, 0.15) is 11.2 Å². The van der Waals surface area contributed by atoms with E-state index >= 15 is 0 Å². The van der Waals surface area contributed by atoms with Gasteiger partial charge >= 0.3 is 0 Å². The first kappa shape index (κ1) is 30.7. The molecule has 252 valence electrons. The van der Waals surface area contributed by atoms with E-state index < -0.39 is 0 Å². The Bertz CT molecular complexity index is 3220. The van der Waals surface area contributed by atoms with Crippen LogP contribution in [0.3, 0.4) is 0 Å². The van der Waals surface area contributed by atoms with Crippen molar-refractivity contribution in [3.63, 3.8) is 0 Å². The Balaban J connectivity index is 1.08. The molecule has 0 unspecified atom stereocenters. The predicted molar refractivity (Wildman–Crippen MR) is 225 cm³/mol. The smallest absolute Gasteiger partial charge is 0.165 e. The van der Waals surface area contributed by atoms with Crippen LogP contribution >= 0.6 is 11.3 Å². The maximum Gasteiger partial charge on any atom is 0.165 e. The Labute approximate surface area is 314 Å². The molecule has 0 bridgehead atoms. The van der Waals surface area contributed by atoms with E-state index in [0.717, 1.165) is 55.0 Å². The molecule has 8 aromatic carbocycles. The van der Waals surface area contributed by atoms with E-state index in [1.54, 1.807) is 11.3 Å². The van der Waals surface area contributed by atoms with Gasteiger partial charge in [-0.1, -0.05) is 140 Å². The van der Waals surface area contributed by atoms with E-state index in [1.165, 1.54) is 36.9 Å². The molecule has 4 nitrogen and oxygen atoms in total. The largest absolute Gasteiger partial charge is 0.456 e. The highest BCUT2D eigenvalue weighted by atomic mass is 32.1. The normalized spacial score (nSPS) is 11.7. The second kappa shape index (κ2) is 12.3. The lowest BCUT2D eigenvalue weighted by Crippen LogP contribution is -2.00. The number of benzene rings is 8. The van der Waals surface area contributed by atoms with E-state index in [0.29, 0.717) is 17.5 Å². The molecule has 54 heavy (non-hydrogen) atoms. The van der Waals surface area contributed by atoms with Gasteiger partial charge in [0.2, 0.25) is 0 Å². The Hall–Kier alpha value is -6.95. The Kier molecular flexibility index (Phi) is 7.00. The topological polar surface area (TPSA) is 51.8 Å². The summed E-state index contributed by atoms with van der Waals surface area (Å²) >= 11 is 1.78. The molecule has 0 N–H and O–H groups in total. The van der Waals surface area contributed by atoms with Gasteiger partial charge in [0, 0.05) is 53.2 Å². The van der Waals surface area contributed by atoms with E-state index in [9.17, 15) is 0 Å². The zero-order valence-corrected chi connectivity index (χ0v) is 29.7. The van der Waals surface area contributed by atoms with E-state index in [1.807, 2.05) is 30.3 Å². The van der Waals surface area contributed by atoms with Crippen molar-refractivity contribution in [1.29, 1.82) is 0 Å². The summed E-state index contributed by atoms with van der Waals surface area (Å²) in [6.45, 7) is 0. The molecule has 0 atom stereocenters. The second-order valence-corrected chi connectivity index (χ2v) is 14.6. The molecule has 5 heteroatoms. The van der Waals surface area contributed by atoms with Crippen molar-refractivity contribution < 1.29 is 4.42 Å². The third kappa shape index (κ3) is 5.01. The van der Waals surface area contributed by atoms with Crippen LogP contribution in [0.4, 0.5) is 0 Å². The van der Waals surface area contributed by atoms with Crippen LogP contribution in [0, 0.1) is 0 Å². The fourth-order valence-electron chi connectivity index (χ4n) is 7.78. The van der Waals surface area contributed by atoms with Crippen LogP contribution in [0.2, 0.25) is 0 Å². The van der Waals surface area contributed by atoms with Gasteiger partial charge in [0.25, 0.3) is 0 Å². The summed E-state index contributed by atoms with van der Waals surface area (Å²) in [5, 5.41) is 6.94. The Morgan fingerprint density at radius 1 is 0.389 bits per heavy atom. The average molecular weight is 708 g/mol. The van der Waals surface area contributed by atoms with Gasteiger partial charge in [0.05, 0.1) is 0 Å². The molecule has 0 fully saturated rings. The van der Waals surface area contributed by atoms with Gasteiger partial charge in [-0.25, -0.2) is 15.0 Å². The second-order valence-electron chi connectivity index (χ2n) is 13.6. The van der Waals surface area contributed by atoms with Crippen molar-refractivity contribution >= 4 is 64.2 Å². The molecule has 0 aliphatic heterocycles. The van der Waals surface area contributed by atoms with Crippen molar-refractivity contribution in [3.8, 4) is 56.4 Å². The number of furan rings is 1. The molecule has 3 heterocycles. The van der Waals surface area contributed by atoms with Gasteiger partial charge in [-0.3, -0.25) is 0 Å². The molecule has 0 radical (unpaired) electrons. The monoisotopic (exact) mass is 707 g/mol. The quantitative estimate of drug-likeness (QED) is 0.179. The summed E-state index contributed by atoms with van der Waals surface area (Å²) in [7, 11) is 0. The SMILES string of the molecule is c1ccc(-c2nc(-c3ccc4cc(-c5c(-c6ccccc6)ccc6oc7ccccc7c56)ccc4c3)nc(-c3cccc4c3sc3ccccc34)n2)cc1. The summed E-state index contributed by atoms with van der Waals surface area (Å²) in [4.78, 5) is 15.3. The Morgan fingerprint density at radius 2 is 1.02 bits per heavy atom. The minimum atomic E-state index is 0.643. The number of para-hydroxylation sites is 1. The minimum Gasteiger partial charge on any atom is -0.456 e. The van der Waals surface area contributed by atoms with Crippen LogP contribution in [-0.4, -0.2) is 15.0 Å². The highest BCUT2D eigenvalue weighted by Crippen LogP contribution is 2.44. The third-order valence-electron chi connectivity index (χ3n) is 10.3. The number of rotatable bonds is 5. The molecule has 0 amide bonds. The molecular weight excluding hydrogens is 679 g/mol. The summed E-state index contributed by atoms with van der Waals surface area (Å²) in [5.74, 6) is 1.96. The van der Waals surface area contributed by atoms with Gasteiger partial charge < -0.3 is 4.42 Å². The zero-order chi connectivity index (χ0) is 35.6. The van der Waals surface area contributed by atoms with Crippen LogP contribution in [0.15, 0.2) is 180 Å². The third-order valence-corrected chi connectivity index (χ3v) is 11.5. The van der Waals surface area contributed by atoms with Crippen molar-refractivity contribution in [2.75, 3.05) is 0 Å². The van der Waals surface area contributed by atoms with Crippen molar-refractivity contribution in [2.45, 2.75) is 0 Å². The van der Waals surface area contributed by atoms with Gasteiger partial charge in [-0.15, -0.1) is 11.3 Å². The fourth-order valence-corrected chi connectivity index (χ4v) is 8.99. The maximum absolute atomic E-state index is 6.36. The summed E-state index contributed by atoms with van der Waals surface area (Å²) in [5.41, 5.74) is 9.31. The van der Waals surface area contributed by atoms with Gasteiger partial charge in [-0.2, -0.15) is 0 Å². The van der Waals surface area contributed by atoms with Crippen LogP contribution in [0.1, 0.15) is 0 Å². The lowest BCUT2D eigenvalue weighted by atomic mass is 9.89. The highest BCUT2D eigenvalue weighted by Gasteiger charge is 2.19. The maximum atomic E-state index is 6.36. The fraction of sp³-hybridized carbons (Fsp3) is 0. The molecular formula is C49H29N3OS. The molecule has 0 aliphatic carbocycles. The predicted octanol–water partition coefficient (Wildman–Crippen LogP) is 13.6. The van der Waals surface area contributed by atoms with E-state index in [2.05, 4.69) is 146 Å². The van der Waals surface area contributed by atoms with Crippen LogP contribution in [0.5, 0.6) is 0 Å². The number of thiophene rings is 1. The highest BCUT2D eigenvalue weighted by molar-refractivity contribution is 7.26. The zero-order valence-electron chi connectivity index (χ0n) is 28.9. The first-order valence-electron chi connectivity index (χ1n) is 18.0. The van der Waals surface area contributed by atoms with Gasteiger partial charge in [-0.05, 0) is 63.9 Å². The number of fused-ring (bicyclic) bond motifs is 7. The summed E-state index contributed by atoms with van der Waals surface area (Å²) in [6, 6.07) is 61.6. The van der Waals surface area contributed by atoms with Crippen molar-refractivity contribution in [1.82, 2.24) is 15.0 Å². The van der Waals surface area contributed by atoms with E-state index in [4.69, 9.17) is 19.4 Å². The van der Waals surface area contributed by atoms with Gasteiger partial charge in [0.15, 0.2) is 17.5 Å². The van der Waals surface area contributed by atoms with Crippen molar-refractivity contribution in [3.05, 3.63) is 176 Å². The summed E-state index contributed by atoms with van der Waals surface area (Å²) in [6.07, 6.45) is 0. The molecule has 0 aliphatic rings. The molecule has 11 rings (SSSR count). The first-order valence-corrected chi connectivity index (χ1v) is 18.8. The molecule has 0 spiro atoms. The molecule has 0 saturated heterocycles. The average Bonchev–Trinajstić information content (AvgIpc) is 3.82. The Morgan fingerprint density at radius 3 is 1.83 bits per heavy atom. The van der Waals surface area contributed by atoms with Crippen LogP contribution in [0.25, 0.3) is 109 Å². The van der Waals surface area contributed by atoms with Crippen LogP contribution < -0.4 is 0 Å². The first-order chi connectivity index (χ1) is 26.7. The lowest BCUT2D eigenvalue weighted by Gasteiger charge is -2.14. The molecule has 11 aromatic rings. The summed E-state index contributed by atoms with van der Waals surface area (Å²) < 4.78 is 8.79. The van der Waals surface area contributed by atoms with E-state index in [-0.39, 0.29) is 0 Å². The van der Waals surface area contributed by atoms with Crippen molar-refractivity contribution in [2.24, 2.45) is 0 Å². The molecule has 0 saturated carbocycles. The number of hydrogen-bond donors (Lipinski definition) is 0. The number of aromatic nitrogens is 3.